The highest BCUT2D eigenvalue weighted by atomic mass is 15.1. The number of fused-ring (bicyclic) bond motifs is 1. The Morgan fingerprint density at radius 1 is 1.53 bits per heavy atom. The number of aromatic nitrogens is 2. The predicted molar refractivity (Wildman–Crippen MR) is 62.8 cm³/mol. The smallest absolute Gasteiger partial charge is 0.145 e. The minimum absolute atomic E-state index is 0.576. The summed E-state index contributed by atoms with van der Waals surface area (Å²) in [5, 5.41) is 0. The van der Waals surface area contributed by atoms with Gasteiger partial charge >= 0.3 is 0 Å². The fourth-order valence-electron chi connectivity index (χ4n) is 2.51. The third kappa shape index (κ3) is 1.87. The molecule has 3 nitrogen and oxygen atoms in total. The van der Waals surface area contributed by atoms with Crippen LogP contribution >= 0.6 is 0 Å². The van der Waals surface area contributed by atoms with E-state index in [2.05, 4.69) is 30.3 Å². The van der Waals surface area contributed by atoms with Gasteiger partial charge in [0, 0.05) is 12.5 Å². The minimum atomic E-state index is 0.576. The molecule has 0 saturated heterocycles. The summed E-state index contributed by atoms with van der Waals surface area (Å²) in [5.74, 6) is 2.59. The van der Waals surface area contributed by atoms with Gasteiger partial charge in [-0.15, -0.1) is 0 Å². The van der Waals surface area contributed by atoms with Crippen molar-refractivity contribution in [2.75, 3.05) is 5.73 Å². The molecule has 1 atom stereocenters. The lowest BCUT2D eigenvalue weighted by Crippen LogP contribution is -2.18. The molecule has 1 unspecified atom stereocenters. The second-order valence-corrected chi connectivity index (χ2v) is 5.07. The van der Waals surface area contributed by atoms with Crippen LogP contribution in [0.2, 0.25) is 0 Å². The maximum Gasteiger partial charge on any atom is 0.145 e. The van der Waals surface area contributed by atoms with Gasteiger partial charge in [-0.05, 0) is 32.1 Å². The summed E-state index contributed by atoms with van der Waals surface area (Å²) in [6.07, 6.45) is 4.64. The Balaban J connectivity index is 2.39. The van der Waals surface area contributed by atoms with Crippen molar-refractivity contribution in [3.8, 4) is 0 Å². The molecule has 0 fully saturated rings. The highest BCUT2D eigenvalue weighted by Gasteiger charge is 2.23. The maximum absolute atomic E-state index is 5.97. The molecular formula is C12H21N3. The highest BCUT2D eigenvalue weighted by molar-refractivity contribution is 5.38. The fraction of sp³-hybridized carbons (Fsp3) is 0.750. The van der Waals surface area contributed by atoms with Gasteiger partial charge in [0.1, 0.15) is 11.6 Å². The zero-order valence-corrected chi connectivity index (χ0v) is 9.95. The van der Waals surface area contributed by atoms with Gasteiger partial charge in [0.2, 0.25) is 0 Å². The average Bonchev–Trinajstić information content (AvgIpc) is 2.44. The predicted octanol–water partition coefficient (Wildman–Crippen LogP) is 2.56. The first-order valence-electron chi connectivity index (χ1n) is 5.95. The molecule has 1 aromatic heterocycles. The van der Waals surface area contributed by atoms with Crippen LogP contribution in [-0.4, -0.2) is 9.55 Å². The lowest BCUT2D eigenvalue weighted by atomic mass is 10.0. The van der Waals surface area contributed by atoms with Crippen molar-refractivity contribution in [1.29, 1.82) is 0 Å². The minimum Gasteiger partial charge on any atom is -0.382 e. The lowest BCUT2D eigenvalue weighted by Gasteiger charge is -2.24. The number of imidazole rings is 1. The van der Waals surface area contributed by atoms with E-state index in [1.807, 2.05) is 0 Å². The van der Waals surface area contributed by atoms with Gasteiger partial charge in [-0.1, -0.05) is 13.8 Å². The third-order valence-electron chi connectivity index (χ3n) is 3.18. The Morgan fingerprint density at radius 3 is 2.93 bits per heavy atom. The number of hydrogen-bond acceptors (Lipinski definition) is 2. The summed E-state index contributed by atoms with van der Waals surface area (Å²) in [4.78, 5) is 4.52. The van der Waals surface area contributed by atoms with E-state index in [0.29, 0.717) is 12.0 Å². The molecule has 0 bridgehead atoms. The van der Waals surface area contributed by atoms with Crippen molar-refractivity contribution < 1.29 is 0 Å². The second kappa shape index (κ2) is 3.87. The summed E-state index contributed by atoms with van der Waals surface area (Å²) in [6, 6.07) is 0.576. The van der Waals surface area contributed by atoms with Gasteiger partial charge in [0.05, 0.1) is 5.69 Å². The molecule has 15 heavy (non-hydrogen) atoms. The normalized spacial score (nSPS) is 20.7. The molecule has 0 radical (unpaired) electrons. The van der Waals surface area contributed by atoms with Gasteiger partial charge in [0.25, 0.3) is 0 Å². The molecule has 2 rings (SSSR count). The third-order valence-corrected chi connectivity index (χ3v) is 3.18. The molecule has 0 aromatic carbocycles. The van der Waals surface area contributed by atoms with Crippen LogP contribution in [0.1, 0.15) is 51.2 Å². The molecule has 0 amide bonds. The van der Waals surface area contributed by atoms with E-state index >= 15 is 0 Å². The van der Waals surface area contributed by atoms with Crippen LogP contribution < -0.4 is 5.73 Å². The van der Waals surface area contributed by atoms with E-state index in [-0.39, 0.29) is 0 Å². The van der Waals surface area contributed by atoms with Gasteiger partial charge < -0.3 is 10.3 Å². The summed E-state index contributed by atoms with van der Waals surface area (Å²) >= 11 is 0. The molecule has 1 aliphatic heterocycles. The molecule has 2 N–H and O–H groups in total. The molecule has 1 aromatic rings. The van der Waals surface area contributed by atoms with Gasteiger partial charge in [-0.3, -0.25) is 0 Å². The summed E-state index contributed by atoms with van der Waals surface area (Å²) in [7, 11) is 0. The van der Waals surface area contributed by atoms with E-state index in [9.17, 15) is 0 Å². The van der Waals surface area contributed by atoms with E-state index in [1.165, 1.54) is 24.4 Å². The first kappa shape index (κ1) is 10.5. The number of nitrogens with two attached hydrogens (primary N) is 1. The zero-order chi connectivity index (χ0) is 11.0. The lowest BCUT2D eigenvalue weighted by molar-refractivity contribution is 0.411. The molecule has 1 aliphatic rings. The number of nitrogen functional groups attached to an aromatic ring is 1. The quantitative estimate of drug-likeness (QED) is 0.810. The standard InChI is InChI=1S/C12H21N3/c1-8(2)7-11-14-12(13)10-6-4-5-9(3)15(10)11/h8-9H,4-7,13H2,1-3H3. The fourth-order valence-corrected chi connectivity index (χ4v) is 2.51. The van der Waals surface area contributed by atoms with E-state index in [4.69, 9.17) is 5.73 Å². The molecule has 0 saturated carbocycles. The summed E-state index contributed by atoms with van der Waals surface area (Å²) < 4.78 is 2.37. The number of hydrogen-bond donors (Lipinski definition) is 1. The molecule has 84 valence electrons. The Labute approximate surface area is 91.7 Å². The Morgan fingerprint density at radius 2 is 2.27 bits per heavy atom. The van der Waals surface area contributed by atoms with Gasteiger partial charge in [0.15, 0.2) is 0 Å². The highest BCUT2D eigenvalue weighted by Crippen LogP contribution is 2.30. The topological polar surface area (TPSA) is 43.8 Å². The number of anilines is 1. The van der Waals surface area contributed by atoms with Crippen LogP contribution in [0, 0.1) is 5.92 Å². The van der Waals surface area contributed by atoms with Crippen LogP contribution in [0.15, 0.2) is 0 Å². The van der Waals surface area contributed by atoms with Crippen LogP contribution in [0.25, 0.3) is 0 Å². The SMILES string of the molecule is CC(C)Cc1nc(N)c2n1C(C)CCC2. The van der Waals surface area contributed by atoms with Crippen LogP contribution in [-0.2, 0) is 12.8 Å². The largest absolute Gasteiger partial charge is 0.382 e. The van der Waals surface area contributed by atoms with E-state index in [0.717, 1.165) is 18.7 Å². The van der Waals surface area contributed by atoms with Crippen LogP contribution in [0.5, 0.6) is 0 Å². The van der Waals surface area contributed by atoms with E-state index < -0.39 is 0 Å². The van der Waals surface area contributed by atoms with Gasteiger partial charge in [-0.25, -0.2) is 4.98 Å². The van der Waals surface area contributed by atoms with Crippen molar-refractivity contribution in [3.05, 3.63) is 11.5 Å². The average molecular weight is 207 g/mol. The molecule has 0 spiro atoms. The first-order valence-corrected chi connectivity index (χ1v) is 5.95. The van der Waals surface area contributed by atoms with Gasteiger partial charge in [-0.2, -0.15) is 0 Å². The van der Waals surface area contributed by atoms with Crippen molar-refractivity contribution in [1.82, 2.24) is 9.55 Å². The Hall–Kier alpha value is -0.990. The molecule has 0 aliphatic carbocycles. The molecular weight excluding hydrogens is 186 g/mol. The number of rotatable bonds is 2. The second-order valence-electron chi connectivity index (χ2n) is 5.07. The van der Waals surface area contributed by atoms with Crippen LogP contribution in [0.3, 0.4) is 0 Å². The number of nitrogens with zero attached hydrogens (tertiary/aromatic N) is 2. The zero-order valence-electron chi connectivity index (χ0n) is 9.95. The van der Waals surface area contributed by atoms with E-state index in [1.54, 1.807) is 0 Å². The maximum atomic E-state index is 5.97. The molecule has 2 heterocycles. The summed E-state index contributed by atoms with van der Waals surface area (Å²) in [5.41, 5.74) is 7.24. The van der Waals surface area contributed by atoms with Crippen LogP contribution in [0.4, 0.5) is 5.82 Å². The monoisotopic (exact) mass is 207 g/mol. The Kier molecular flexibility index (Phi) is 2.72. The molecule has 3 heteroatoms. The van der Waals surface area contributed by atoms with Crippen molar-refractivity contribution in [2.24, 2.45) is 5.92 Å². The van der Waals surface area contributed by atoms with Crippen molar-refractivity contribution in [3.63, 3.8) is 0 Å². The summed E-state index contributed by atoms with van der Waals surface area (Å²) in [6.45, 7) is 6.73. The van der Waals surface area contributed by atoms with Crippen molar-refractivity contribution in [2.45, 2.75) is 52.5 Å². The Bertz CT molecular complexity index is 352. The van der Waals surface area contributed by atoms with Crippen molar-refractivity contribution >= 4 is 5.82 Å². The first-order chi connectivity index (χ1) is 7.09.